The number of thiophene rings is 1. The van der Waals surface area contributed by atoms with Gasteiger partial charge in [0, 0.05) is 16.6 Å². The second-order valence-electron chi connectivity index (χ2n) is 6.34. The molecule has 3 nitrogen and oxygen atoms in total. The van der Waals surface area contributed by atoms with Crippen LogP contribution in [0.15, 0.2) is 59.5 Å². The van der Waals surface area contributed by atoms with Gasteiger partial charge in [-0.3, -0.25) is 4.79 Å². The molecule has 2 aromatic carbocycles. The molecule has 2 heterocycles. The third-order valence-electron chi connectivity index (χ3n) is 4.60. The van der Waals surface area contributed by atoms with Crippen molar-refractivity contribution in [2.45, 2.75) is 13.5 Å². The molecule has 4 rings (SSSR count). The fourth-order valence-corrected chi connectivity index (χ4v) is 4.52. The minimum Gasteiger partial charge on any atom is -0.394 e. The molecule has 0 spiro atoms. The molecule has 0 unspecified atom stereocenters. The van der Waals surface area contributed by atoms with E-state index >= 15 is 0 Å². The smallest absolute Gasteiger partial charge is 0.213 e. The zero-order valence-electron chi connectivity index (χ0n) is 14.5. The molecule has 0 saturated heterocycles. The van der Waals surface area contributed by atoms with Gasteiger partial charge >= 0.3 is 0 Å². The zero-order valence-corrected chi connectivity index (χ0v) is 15.3. The van der Waals surface area contributed by atoms with Crippen molar-refractivity contribution < 1.29 is 8.78 Å². The molecule has 6 heteroatoms. The van der Waals surface area contributed by atoms with E-state index in [2.05, 4.69) is 0 Å². The van der Waals surface area contributed by atoms with Crippen molar-refractivity contribution in [3.05, 3.63) is 87.7 Å². The largest absolute Gasteiger partial charge is 0.394 e. The van der Waals surface area contributed by atoms with E-state index in [4.69, 9.17) is 5.73 Å². The van der Waals surface area contributed by atoms with E-state index in [1.54, 1.807) is 4.57 Å². The van der Waals surface area contributed by atoms with Crippen LogP contribution in [-0.4, -0.2) is 4.57 Å². The van der Waals surface area contributed by atoms with Gasteiger partial charge < -0.3 is 10.3 Å². The van der Waals surface area contributed by atoms with Crippen LogP contribution in [0.2, 0.25) is 0 Å². The van der Waals surface area contributed by atoms with Gasteiger partial charge in [0.05, 0.1) is 17.6 Å². The standard InChI is InChI=1S/C21H16F2N2OS/c1-12-18-19(26)17(24)11-25(10-14-15(22)8-5-9-16(14)23)21(18)27-20(12)13-6-3-2-4-7-13/h2-9,11H,10,24H2,1H3. The van der Waals surface area contributed by atoms with Crippen LogP contribution in [0.4, 0.5) is 14.5 Å². The van der Waals surface area contributed by atoms with E-state index in [-0.39, 0.29) is 23.2 Å². The van der Waals surface area contributed by atoms with Crippen molar-refractivity contribution in [3.8, 4) is 10.4 Å². The van der Waals surface area contributed by atoms with Crippen molar-refractivity contribution in [2.24, 2.45) is 0 Å². The van der Waals surface area contributed by atoms with Gasteiger partial charge in [0.2, 0.25) is 5.43 Å². The Labute approximate surface area is 158 Å². The van der Waals surface area contributed by atoms with Crippen molar-refractivity contribution in [1.29, 1.82) is 0 Å². The monoisotopic (exact) mass is 382 g/mol. The minimum absolute atomic E-state index is 0.0479. The Morgan fingerprint density at radius 1 is 1.04 bits per heavy atom. The second kappa shape index (κ2) is 6.63. The van der Waals surface area contributed by atoms with Crippen LogP contribution in [0.5, 0.6) is 0 Å². The highest BCUT2D eigenvalue weighted by atomic mass is 32.1. The minimum atomic E-state index is -0.628. The number of hydrogen-bond donors (Lipinski definition) is 1. The number of halogens is 2. The summed E-state index contributed by atoms with van der Waals surface area (Å²) < 4.78 is 29.9. The number of hydrogen-bond acceptors (Lipinski definition) is 3. The number of fused-ring (bicyclic) bond motifs is 1. The van der Waals surface area contributed by atoms with Crippen LogP contribution >= 0.6 is 11.3 Å². The van der Waals surface area contributed by atoms with Crippen LogP contribution < -0.4 is 11.2 Å². The quantitative estimate of drug-likeness (QED) is 0.545. The molecular formula is C21H16F2N2OS. The maximum atomic E-state index is 14.1. The van der Waals surface area contributed by atoms with Crippen LogP contribution in [-0.2, 0) is 6.54 Å². The summed E-state index contributed by atoms with van der Waals surface area (Å²) in [4.78, 5) is 14.2. The third kappa shape index (κ3) is 2.92. The average Bonchev–Trinajstić information content (AvgIpc) is 3.01. The zero-order chi connectivity index (χ0) is 19.1. The molecule has 0 saturated carbocycles. The molecule has 0 fully saturated rings. The first-order chi connectivity index (χ1) is 13.0. The number of rotatable bonds is 3. The van der Waals surface area contributed by atoms with Gasteiger partial charge in [0.25, 0.3) is 0 Å². The van der Waals surface area contributed by atoms with Gasteiger partial charge in [-0.1, -0.05) is 36.4 Å². The molecule has 0 aliphatic heterocycles. The lowest BCUT2D eigenvalue weighted by Crippen LogP contribution is -2.14. The maximum absolute atomic E-state index is 14.1. The van der Waals surface area contributed by atoms with E-state index in [1.165, 1.54) is 35.7 Å². The molecule has 0 aliphatic carbocycles. The maximum Gasteiger partial charge on any atom is 0.213 e. The van der Waals surface area contributed by atoms with Gasteiger partial charge in [-0.15, -0.1) is 11.3 Å². The lowest BCUT2D eigenvalue weighted by atomic mass is 10.1. The highest BCUT2D eigenvalue weighted by Gasteiger charge is 2.19. The van der Waals surface area contributed by atoms with Gasteiger partial charge in [-0.05, 0) is 30.2 Å². The SMILES string of the molecule is Cc1c(-c2ccccc2)sc2c1c(=O)c(N)cn2Cc1c(F)cccc1F. The number of pyridine rings is 1. The summed E-state index contributed by atoms with van der Waals surface area (Å²) in [6.07, 6.45) is 1.46. The Morgan fingerprint density at radius 3 is 2.37 bits per heavy atom. The molecular weight excluding hydrogens is 366 g/mol. The molecule has 0 aliphatic rings. The Hall–Kier alpha value is -2.99. The van der Waals surface area contributed by atoms with Crippen molar-refractivity contribution in [1.82, 2.24) is 4.57 Å². The molecule has 0 bridgehead atoms. The molecule has 2 N–H and O–H groups in total. The lowest BCUT2D eigenvalue weighted by molar-refractivity contribution is 0.547. The normalized spacial score (nSPS) is 11.2. The van der Waals surface area contributed by atoms with Gasteiger partial charge in [-0.25, -0.2) is 8.78 Å². The molecule has 136 valence electrons. The second-order valence-corrected chi connectivity index (χ2v) is 7.34. The summed E-state index contributed by atoms with van der Waals surface area (Å²) in [7, 11) is 0. The average molecular weight is 382 g/mol. The van der Waals surface area contributed by atoms with E-state index < -0.39 is 11.6 Å². The molecule has 2 aromatic heterocycles. The molecule has 0 atom stereocenters. The Bertz CT molecular complexity index is 1190. The van der Waals surface area contributed by atoms with Gasteiger partial charge in [0.15, 0.2) is 0 Å². The van der Waals surface area contributed by atoms with E-state index in [0.717, 1.165) is 16.0 Å². The van der Waals surface area contributed by atoms with Crippen LogP contribution in [0.1, 0.15) is 11.1 Å². The van der Waals surface area contributed by atoms with E-state index in [1.807, 2.05) is 37.3 Å². The summed E-state index contributed by atoms with van der Waals surface area (Å²) in [6.45, 7) is 1.82. The third-order valence-corrected chi connectivity index (χ3v) is 5.98. The van der Waals surface area contributed by atoms with Gasteiger partial charge in [0.1, 0.15) is 16.5 Å². The Morgan fingerprint density at radius 2 is 1.70 bits per heavy atom. The molecule has 27 heavy (non-hydrogen) atoms. The van der Waals surface area contributed by atoms with Crippen molar-refractivity contribution >= 4 is 27.2 Å². The highest BCUT2D eigenvalue weighted by molar-refractivity contribution is 7.22. The number of nitrogen functional groups attached to an aromatic ring is 1. The Balaban J connectivity index is 1.97. The van der Waals surface area contributed by atoms with E-state index in [9.17, 15) is 13.6 Å². The number of anilines is 1. The van der Waals surface area contributed by atoms with Crippen molar-refractivity contribution in [2.75, 3.05) is 5.73 Å². The van der Waals surface area contributed by atoms with Crippen LogP contribution in [0, 0.1) is 18.6 Å². The Kier molecular flexibility index (Phi) is 4.28. The number of benzene rings is 2. The van der Waals surface area contributed by atoms with Gasteiger partial charge in [-0.2, -0.15) is 0 Å². The lowest BCUT2D eigenvalue weighted by Gasteiger charge is -2.11. The number of aryl methyl sites for hydroxylation is 1. The van der Waals surface area contributed by atoms with E-state index in [0.29, 0.717) is 10.2 Å². The first-order valence-electron chi connectivity index (χ1n) is 8.37. The molecule has 0 radical (unpaired) electrons. The number of aromatic nitrogens is 1. The fraction of sp³-hybridized carbons (Fsp3) is 0.0952. The predicted octanol–water partition coefficient (Wildman–Crippen LogP) is 4.95. The number of nitrogens with zero attached hydrogens (tertiary/aromatic N) is 1. The van der Waals surface area contributed by atoms with Crippen LogP contribution in [0.3, 0.4) is 0 Å². The first-order valence-corrected chi connectivity index (χ1v) is 9.19. The number of nitrogens with two attached hydrogens (primary N) is 1. The fourth-order valence-electron chi connectivity index (χ4n) is 3.23. The highest BCUT2D eigenvalue weighted by Crippen LogP contribution is 2.37. The summed E-state index contributed by atoms with van der Waals surface area (Å²) in [5.74, 6) is -1.26. The predicted molar refractivity (Wildman–Crippen MR) is 106 cm³/mol. The summed E-state index contributed by atoms with van der Waals surface area (Å²) >= 11 is 1.42. The van der Waals surface area contributed by atoms with Crippen LogP contribution in [0.25, 0.3) is 20.7 Å². The van der Waals surface area contributed by atoms with Crippen molar-refractivity contribution in [3.63, 3.8) is 0 Å². The summed E-state index contributed by atoms with van der Waals surface area (Å²) in [6, 6.07) is 13.5. The molecule has 0 amide bonds. The first kappa shape index (κ1) is 17.4. The topological polar surface area (TPSA) is 48.0 Å². The molecule has 4 aromatic rings. The summed E-state index contributed by atoms with van der Waals surface area (Å²) in [5.41, 5.74) is 7.46. The summed E-state index contributed by atoms with van der Waals surface area (Å²) in [5, 5.41) is 0.496.